The zero-order valence-corrected chi connectivity index (χ0v) is 8.96. The maximum atomic E-state index is 2.42. The molecule has 60 valence electrons. The molecule has 0 aromatic carbocycles. The van der Waals surface area contributed by atoms with Gasteiger partial charge < -0.3 is 0 Å². The Balaban J connectivity index is 2.66. The summed E-state index contributed by atoms with van der Waals surface area (Å²) in [4.78, 5) is 0. The predicted octanol–water partition coefficient (Wildman–Crippen LogP) is 2.74. The molecule has 0 aromatic rings. The van der Waals surface area contributed by atoms with Crippen LogP contribution in [0.1, 0.15) is 6.92 Å². The molecule has 1 heterocycles. The smallest absolute Gasteiger partial charge is 0.116 e. The SMILES string of the molecule is CC1C=CB([Si](C)(C)C)C=C1. The van der Waals surface area contributed by atoms with Gasteiger partial charge in [-0.25, -0.2) is 0 Å². The van der Waals surface area contributed by atoms with Crippen LogP contribution >= 0.6 is 0 Å². The van der Waals surface area contributed by atoms with Gasteiger partial charge in [0, 0.05) is 7.94 Å². The van der Waals surface area contributed by atoms with E-state index in [4.69, 9.17) is 0 Å². The van der Waals surface area contributed by atoms with Crippen molar-refractivity contribution in [3.8, 4) is 0 Å². The largest absolute Gasteiger partial charge is 0.183 e. The fourth-order valence-electron chi connectivity index (χ4n) is 1.30. The summed E-state index contributed by atoms with van der Waals surface area (Å²) in [5.41, 5.74) is 0. The summed E-state index contributed by atoms with van der Waals surface area (Å²) in [5, 5.41) is 0. The van der Waals surface area contributed by atoms with Crippen LogP contribution in [-0.2, 0) is 0 Å². The van der Waals surface area contributed by atoms with E-state index in [9.17, 15) is 0 Å². The molecule has 0 saturated heterocycles. The van der Waals surface area contributed by atoms with Crippen molar-refractivity contribution in [2.24, 2.45) is 5.92 Å². The van der Waals surface area contributed by atoms with Crippen LogP contribution in [0.2, 0.25) is 19.6 Å². The number of hydrogen-bond donors (Lipinski definition) is 0. The molecular weight excluding hydrogens is 147 g/mol. The Kier molecular flexibility index (Phi) is 2.43. The lowest BCUT2D eigenvalue weighted by atomic mass is 9.70. The van der Waals surface area contributed by atoms with Gasteiger partial charge in [-0.3, -0.25) is 0 Å². The highest BCUT2D eigenvalue weighted by Gasteiger charge is 2.26. The average Bonchev–Trinajstić information content (AvgIpc) is 1.86. The quantitative estimate of drug-likeness (QED) is 0.523. The Bertz CT molecular complexity index is 174. The van der Waals surface area contributed by atoms with Gasteiger partial charge in [-0.2, -0.15) is 0 Å². The second-order valence-electron chi connectivity index (χ2n) is 4.52. The van der Waals surface area contributed by atoms with E-state index in [2.05, 4.69) is 50.7 Å². The molecule has 0 radical (unpaired) electrons. The molecule has 0 nitrogen and oxygen atoms in total. The molecule has 0 spiro atoms. The Labute approximate surface area is 71.4 Å². The topological polar surface area (TPSA) is 0 Å². The molecule has 2 heteroatoms. The van der Waals surface area contributed by atoms with Gasteiger partial charge >= 0.3 is 0 Å². The Morgan fingerprint density at radius 2 is 1.55 bits per heavy atom. The summed E-state index contributed by atoms with van der Waals surface area (Å²) < 4.78 is 0. The zero-order valence-electron chi connectivity index (χ0n) is 7.96. The molecule has 0 saturated carbocycles. The van der Waals surface area contributed by atoms with Crippen LogP contribution < -0.4 is 0 Å². The van der Waals surface area contributed by atoms with E-state index in [0.29, 0.717) is 5.92 Å². The normalized spacial score (nSPS) is 19.5. The first-order valence-electron chi connectivity index (χ1n) is 4.37. The van der Waals surface area contributed by atoms with Crippen molar-refractivity contribution in [2.45, 2.75) is 26.6 Å². The molecule has 0 atom stereocenters. The first kappa shape index (κ1) is 8.85. The maximum absolute atomic E-state index is 2.42. The predicted molar refractivity (Wildman–Crippen MR) is 56.5 cm³/mol. The minimum atomic E-state index is -0.960. The van der Waals surface area contributed by atoms with E-state index < -0.39 is 7.94 Å². The number of allylic oxidation sites excluding steroid dienone is 2. The van der Waals surface area contributed by atoms with Crippen LogP contribution in [0.15, 0.2) is 24.1 Å². The highest BCUT2D eigenvalue weighted by atomic mass is 28.3. The molecule has 0 bridgehead atoms. The summed E-state index contributed by atoms with van der Waals surface area (Å²) in [6.07, 6.45) is 5.41. The van der Waals surface area contributed by atoms with Crippen molar-refractivity contribution in [1.82, 2.24) is 0 Å². The summed E-state index contributed by atoms with van der Waals surface area (Å²) in [7, 11) is -0.960. The molecule has 0 fully saturated rings. The third kappa shape index (κ3) is 2.37. The summed E-state index contributed by atoms with van der Waals surface area (Å²) >= 11 is 0. The first-order valence-corrected chi connectivity index (χ1v) is 7.94. The van der Waals surface area contributed by atoms with Crippen LogP contribution in [0.5, 0.6) is 0 Å². The van der Waals surface area contributed by atoms with E-state index in [0.717, 1.165) is 6.31 Å². The van der Waals surface area contributed by atoms with Gasteiger partial charge in [0.15, 0.2) is 6.31 Å². The van der Waals surface area contributed by atoms with E-state index in [-0.39, 0.29) is 0 Å². The molecule has 1 rings (SSSR count). The van der Waals surface area contributed by atoms with Gasteiger partial charge in [0.1, 0.15) is 0 Å². The summed E-state index contributed by atoms with van der Waals surface area (Å²) in [5.74, 6) is 5.43. The van der Waals surface area contributed by atoms with Crippen LogP contribution in [0.25, 0.3) is 0 Å². The fraction of sp³-hybridized carbons (Fsp3) is 0.556. The molecular formula is C9H17BSi. The minimum absolute atomic E-state index is 0.655. The fourth-order valence-corrected chi connectivity index (χ4v) is 2.67. The second kappa shape index (κ2) is 3.02. The number of hydrogen-bond acceptors (Lipinski definition) is 0. The van der Waals surface area contributed by atoms with E-state index in [1.54, 1.807) is 0 Å². The standard InChI is InChI=1S/C9H17BSi/c1-9-5-7-10(8-6-9)11(2,3)4/h5-9H,1-4H3. The Hall–Kier alpha value is -0.238. The van der Waals surface area contributed by atoms with Crippen molar-refractivity contribution < 1.29 is 0 Å². The Morgan fingerprint density at radius 3 is 1.91 bits per heavy atom. The van der Waals surface area contributed by atoms with E-state index >= 15 is 0 Å². The summed E-state index contributed by atoms with van der Waals surface area (Å²) in [6, 6.07) is 0. The molecule has 0 N–H and O–H groups in total. The molecule has 1 aliphatic rings. The van der Waals surface area contributed by atoms with Crippen LogP contribution in [-0.4, -0.2) is 14.2 Å². The summed E-state index contributed by atoms with van der Waals surface area (Å²) in [6.45, 7) is 9.49. The van der Waals surface area contributed by atoms with Crippen LogP contribution in [0, 0.1) is 5.92 Å². The highest BCUT2D eigenvalue weighted by Crippen LogP contribution is 2.15. The maximum Gasteiger partial charge on any atom is 0.183 e. The van der Waals surface area contributed by atoms with Gasteiger partial charge in [0.05, 0.1) is 0 Å². The highest BCUT2D eigenvalue weighted by molar-refractivity contribution is 7.35. The molecule has 0 aliphatic carbocycles. The lowest BCUT2D eigenvalue weighted by Crippen LogP contribution is -2.41. The van der Waals surface area contributed by atoms with Gasteiger partial charge in [0.2, 0.25) is 0 Å². The lowest BCUT2D eigenvalue weighted by molar-refractivity contribution is 0.940. The minimum Gasteiger partial charge on any atom is -0.116 e. The van der Waals surface area contributed by atoms with Gasteiger partial charge in [-0.15, -0.1) is 12.0 Å². The molecule has 1 aliphatic heterocycles. The monoisotopic (exact) mass is 164 g/mol. The molecule has 0 aromatic heterocycles. The van der Waals surface area contributed by atoms with Crippen LogP contribution in [0.3, 0.4) is 0 Å². The van der Waals surface area contributed by atoms with Crippen molar-refractivity contribution in [3.05, 3.63) is 24.1 Å². The van der Waals surface area contributed by atoms with Crippen molar-refractivity contribution in [2.75, 3.05) is 0 Å². The molecule has 0 amide bonds. The van der Waals surface area contributed by atoms with Crippen LogP contribution in [0.4, 0.5) is 0 Å². The average molecular weight is 164 g/mol. The second-order valence-corrected chi connectivity index (χ2v) is 9.92. The van der Waals surface area contributed by atoms with Crippen molar-refractivity contribution in [3.63, 3.8) is 0 Å². The van der Waals surface area contributed by atoms with Crippen molar-refractivity contribution >= 4 is 14.2 Å². The first-order chi connectivity index (χ1) is 5.00. The van der Waals surface area contributed by atoms with Gasteiger partial charge in [-0.1, -0.05) is 38.7 Å². The molecule has 11 heavy (non-hydrogen) atoms. The third-order valence-electron chi connectivity index (χ3n) is 2.24. The van der Waals surface area contributed by atoms with Crippen molar-refractivity contribution in [1.29, 1.82) is 0 Å². The zero-order chi connectivity index (χ0) is 8.48. The van der Waals surface area contributed by atoms with Gasteiger partial charge in [0.25, 0.3) is 0 Å². The Morgan fingerprint density at radius 1 is 1.09 bits per heavy atom. The molecule has 0 unspecified atom stereocenters. The van der Waals surface area contributed by atoms with E-state index in [1.807, 2.05) is 0 Å². The van der Waals surface area contributed by atoms with E-state index in [1.165, 1.54) is 0 Å². The number of rotatable bonds is 1. The lowest BCUT2D eigenvalue weighted by Gasteiger charge is -2.22. The third-order valence-corrected chi connectivity index (χ3v) is 4.63. The van der Waals surface area contributed by atoms with Gasteiger partial charge in [-0.05, 0) is 5.92 Å².